The van der Waals surface area contributed by atoms with Gasteiger partial charge in [0.1, 0.15) is 17.5 Å². The van der Waals surface area contributed by atoms with Crippen molar-refractivity contribution in [3.8, 4) is 0 Å². The molecule has 1 heterocycles. The van der Waals surface area contributed by atoms with E-state index in [-0.39, 0.29) is 5.56 Å². The van der Waals surface area contributed by atoms with Gasteiger partial charge in [-0.25, -0.2) is 13.8 Å². The summed E-state index contributed by atoms with van der Waals surface area (Å²) in [6.07, 6.45) is 4.50. The number of aromatic nitrogens is 2. The van der Waals surface area contributed by atoms with Crippen molar-refractivity contribution in [2.24, 2.45) is 0 Å². The molecule has 0 amide bonds. The average molecular weight is 279 g/mol. The Morgan fingerprint density at radius 2 is 2.10 bits per heavy atom. The first kappa shape index (κ1) is 14.7. The molecule has 0 spiro atoms. The molecule has 5 heteroatoms. The van der Waals surface area contributed by atoms with Gasteiger partial charge in [0, 0.05) is 24.5 Å². The molecule has 2 aromatic rings. The summed E-state index contributed by atoms with van der Waals surface area (Å²) in [5, 5.41) is 3.18. The highest BCUT2D eigenvalue weighted by molar-refractivity contribution is 5.27. The van der Waals surface area contributed by atoms with Crippen LogP contribution >= 0.6 is 0 Å². The number of imidazole rings is 1. The first-order chi connectivity index (χ1) is 9.67. The van der Waals surface area contributed by atoms with Crippen LogP contribution in [0, 0.1) is 11.6 Å². The van der Waals surface area contributed by atoms with Crippen LogP contribution < -0.4 is 5.32 Å². The topological polar surface area (TPSA) is 29.9 Å². The van der Waals surface area contributed by atoms with Gasteiger partial charge >= 0.3 is 0 Å². The summed E-state index contributed by atoms with van der Waals surface area (Å²) < 4.78 is 29.4. The Labute approximate surface area is 117 Å². The van der Waals surface area contributed by atoms with Gasteiger partial charge in [0.2, 0.25) is 0 Å². The third-order valence-corrected chi connectivity index (χ3v) is 3.15. The lowest BCUT2D eigenvalue weighted by Crippen LogP contribution is -2.26. The molecule has 108 valence electrons. The molecule has 0 aliphatic carbocycles. The van der Waals surface area contributed by atoms with Gasteiger partial charge in [0.05, 0.1) is 6.04 Å². The lowest BCUT2D eigenvalue weighted by atomic mass is 10.0. The summed E-state index contributed by atoms with van der Waals surface area (Å²) in [4.78, 5) is 4.31. The zero-order valence-electron chi connectivity index (χ0n) is 11.7. The molecular formula is C15H19F2N3. The highest BCUT2D eigenvalue weighted by atomic mass is 19.1. The number of nitrogens with zero attached hydrogens (tertiary/aromatic N) is 2. The van der Waals surface area contributed by atoms with E-state index in [9.17, 15) is 8.78 Å². The predicted molar refractivity (Wildman–Crippen MR) is 74.4 cm³/mol. The molecule has 0 fully saturated rings. The van der Waals surface area contributed by atoms with Crippen LogP contribution in [-0.2, 0) is 6.54 Å². The Balaban J connectivity index is 2.44. The van der Waals surface area contributed by atoms with Crippen LogP contribution in [0.4, 0.5) is 8.78 Å². The molecular weight excluding hydrogens is 260 g/mol. The van der Waals surface area contributed by atoms with Crippen LogP contribution in [0.3, 0.4) is 0 Å². The minimum Gasteiger partial charge on any atom is -0.333 e. The largest absolute Gasteiger partial charge is 0.333 e. The Kier molecular flexibility index (Phi) is 4.84. The lowest BCUT2D eigenvalue weighted by molar-refractivity contribution is 0.508. The third kappa shape index (κ3) is 3.04. The van der Waals surface area contributed by atoms with Gasteiger partial charge in [-0.1, -0.05) is 13.8 Å². The number of halogens is 2. The van der Waals surface area contributed by atoms with E-state index in [4.69, 9.17) is 0 Å². The Hall–Kier alpha value is -1.75. The van der Waals surface area contributed by atoms with E-state index in [1.165, 1.54) is 6.07 Å². The minimum atomic E-state index is -0.447. The van der Waals surface area contributed by atoms with E-state index in [1.807, 2.05) is 17.7 Å². The number of aryl methyl sites for hydroxylation is 1. The second-order valence-electron chi connectivity index (χ2n) is 4.64. The number of rotatable bonds is 6. The van der Waals surface area contributed by atoms with E-state index in [0.717, 1.165) is 25.1 Å². The van der Waals surface area contributed by atoms with Crippen LogP contribution in [0.1, 0.15) is 37.7 Å². The summed E-state index contributed by atoms with van der Waals surface area (Å²) in [5.41, 5.74) is 0.287. The van der Waals surface area contributed by atoms with Crippen molar-refractivity contribution >= 4 is 0 Å². The summed E-state index contributed by atoms with van der Waals surface area (Å²) in [7, 11) is 0. The molecule has 1 N–H and O–H groups in total. The molecule has 0 aliphatic heterocycles. The van der Waals surface area contributed by atoms with Gasteiger partial charge < -0.3 is 9.88 Å². The van der Waals surface area contributed by atoms with E-state index in [0.29, 0.717) is 12.4 Å². The maximum atomic E-state index is 14.0. The number of nitrogens with one attached hydrogen (secondary N) is 1. The summed E-state index contributed by atoms with van der Waals surface area (Å²) in [6, 6.07) is 3.06. The highest BCUT2D eigenvalue weighted by Crippen LogP contribution is 2.24. The molecule has 2 rings (SSSR count). The monoisotopic (exact) mass is 279 g/mol. The van der Waals surface area contributed by atoms with Crippen molar-refractivity contribution in [3.63, 3.8) is 0 Å². The van der Waals surface area contributed by atoms with Crippen molar-refractivity contribution in [3.05, 3.63) is 53.6 Å². The van der Waals surface area contributed by atoms with Crippen LogP contribution in [0.15, 0.2) is 30.6 Å². The zero-order chi connectivity index (χ0) is 14.5. The molecule has 1 aromatic heterocycles. The van der Waals surface area contributed by atoms with E-state index in [2.05, 4.69) is 17.2 Å². The number of benzene rings is 1. The molecule has 20 heavy (non-hydrogen) atoms. The molecule has 0 saturated carbocycles. The van der Waals surface area contributed by atoms with Gasteiger partial charge in [-0.2, -0.15) is 0 Å². The zero-order valence-corrected chi connectivity index (χ0v) is 11.7. The molecule has 3 nitrogen and oxygen atoms in total. The van der Waals surface area contributed by atoms with Crippen LogP contribution in [-0.4, -0.2) is 16.1 Å². The minimum absolute atomic E-state index is 0.287. The van der Waals surface area contributed by atoms with Crippen molar-refractivity contribution in [2.45, 2.75) is 32.9 Å². The van der Waals surface area contributed by atoms with Crippen molar-refractivity contribution in [1.82, 2.24) is 14.9 Å². The van der Waals surface area contributed by atoms with Gasteiger partial charge in [0.15, 0.2) is 0 Å². The maximum Gasteiger partial charge on any atom is 0.130 e. The van der Waals surface area contributed by atoms with Crippen molar-refractivity contribution < 1.29 is 8.78 Å². The maximum absolute atomic E-state index is 14.0. The Morgan fingerprint density at radius 1 is 1.30 bits per heavy atom. The fourth-order valence-electron chi connectivity index (χ4n) is 2.29. The highest BCUT2D eigenvalue weighted by Gasteiger charge is 2.21. The normalized spacial score (nSPS) is 12.6. The molecule has 0 radical (unpaired) electrons. The predicted octanol–water partition coefficient (Wildman–Crippen LogP) is 3.27. The SMILES string of the molecule is CCCn1ccnc1C(NCC)c1cc(F)ccc1F. The quantitative estimate of drug-likeness (QED) is 0.879. The van der Waals surface area contributed by atoms with Crippen LogP contribution in [0.2, 0.25) is 0 Å². The standard InChI is InChI=1S/C15H19F2N3/c1-3-8-20-9-7-19-15(20)14(18-4-2)12-10-11(16)5-6-13(12)17/h5-7,9-10,14,18H,3-4,8H2,1-2H3. The first-order valence-electron chi connectivity index (χ1n) is 6.86. The van der Waals surface area contributed by atoms with E-state index < -0.39 is 17.7 Å². The van der Waals surface area contributed by atoms with E-state index in [1.54, 1.807) is 6.20 Å². The second-order valence-corrected chi connectivity index (χ2v) is 4.64. The summed E-state index contributed by atoms with van der Waals surface area (Å²) >= 11 is 0. The molecule has 0 saturated heterocycles. The second kappa shape index (κ2) is 6.61. The number of hydrogen-bond acceptors (Lipinski definition) is 2. The first-order valence-corrected chi connectivity index (χ1v) is 6.86. The Morgan fingerprint density at radius 3 is 2.80 bits per heavy atom. The number of hydrogen-bond donors (Lipinski definition) is 1. The smallest absolute Gasteiger partial charge is 0.130 e. The molecule has 1 atom stereocenters. The third-order valence-electron chi connectivity index (χ3n) is 3.15. The van der Waals surface area contributed by atoms with Gasteiger partial charge in [-0.05, 0) is 31.2 Å². The van der Waals surface area contributed by atoms with Gasteiger partial charge in [-0.15, -0.1) is 0 Å². The molecule has 1 unspecified atom stereocenters. The molecule has 1 aromatic carbocycles. The van der Waals surface area contributed by atoms with Gasteiger partial charge in [0.25, 0.3) is 0 Å². The van der Waals surface area contributed by atoms with Crippen LogP contribution in [0.5, 0.6) is 0 Å². The van der Waals surface area contributed by atoms with Crippen LogP contribution in [0.25, 0.3) is 0 Å². The average Bonchev–Trinajstić information content (AvgIpc) is 2.88. The summed E-state index contributed by atoms with van der Waals surface area (Å²) in [6.45, 7) is 5.43. The fourth-order valence-corrected chi connectivity index (χ4v) is 2.29. The van der Waals surface area contributed by atoms with Gasteiger partial charge in [-0.3, -0.25) is 0 Å². The van der Waals surface area contributed by atoms with Crippen molar-refractivity contribution in [2.75, 3.05) is 6.54 Å². The fraction of sp³-hybridized carbons (Fsp3) is 0.400. The molecule has 0 bridgehead atoms. The van der Waals surface area contributed by atoms with E-state index >= 15 is 0 Å². The Bertz CT molecular complexity index is 566. The lowest BCUT2D eigenvalue weighted by Gasteiger charge is -2.20. The van der Waals surface area contributed by atoms with Crippen molar-refractivity contribution in [1.29, 1.82) is 0 Å². The molecule has 0 aliphatic rings. The summed E-state index contributed by atoms with van der Waals surface area (Å²) in [5.74, 6) is -0.167.